The molecule has 1 heterocycles. The molecule has 0 bridgehead atoms. The molecule has 0 amide bonds. The average Bonchev–Trinajstić information content (AvgIpc) is 2.55. The summed E-state index contributed by atoms with van der Waals surface area (Å²) in [6, 6.07) is 1.80. The van der Waals surface area contributed by atoms with Crippen LogP contribution in [0.1, 0.15) is 5.56 Å². The van der Waals surface area contributed by atoms with E-state index in [0.29, 0.717) is 5.70 Å². The van der Waals surface area contributed by atoms with Gasteiger partial charge in [-0.2, -0.15) is 0 Å². The third-order valence-corrected chi connectivity index (χ3v) is 1.93. The summed E-state index contributed by atoms with van der Waals surface area (Å²) in [7, 11) is 0. The third-order valence-electron chi connectivity index (χ3n) is 1.34. The normalized spacial score (nSPS) is 13.0. The molecule has 0 aromatic carbocycles. The van der Waals surface area contributed by atoms with Crippen LogP contribution in [0.25, 0.3) is 5.70 Å². The van der Waals surface area contributed by atoms with Crippen molar-refractivity contribution in [3.05, 3.63) is 43.0 Å². The van der Waals surface area contributed by atoms with Crippen molar-refractivity contribution < 1.29 is 4.42 Å². The summed E-state index contributed by atoms with van der Waals surface area (Å²) in [6.07, 6.45) is 6.39. The zero-order valence-electron chi connectivity index (χ0n) is 6.90. The lowest BCUT2D eigenvalue weighted by molar-refractivity contribution is 0.566. The van der Waals surface area contributed by atoms with E-state index in [9.17, 15) is 0 Å². The first-order valence-corrected chi connectivity index (χ1v) is 4.66. The predicted octanol–water partition coefficient (Wildman–Crippen LogP) is 2.56. The van der Waals surface area contributed by atoms with Crippen molar-refractivity contribution in [1.82, 2.24) is 0 Å². The zero-order valence-corrected chi connectivity index (χ0v) is 9.06. The van der Waals surface area contributed by atoms with E-state index in [1.165, 1.54) is 6.20 Å². The van der Waals surface area contributed by atoms with E-state index in [-0.39, 0.29) is 0 Å². The maximum absolute atomic E-state index is 5.75. The first-order valence-electron chi connectivity index (χ1n) is 3.58. The molecule has 3 nitrogen and oxygen atoms in total. The topological polar surface area (TPSA) is 51.5 Å². The smallest absolute Gasteiger partial charge is 0.103 e. The van der Waals surface area contributed by atoms with Gasteiger partial charge in [-0.3, -0.25) is 4.99 Å². The Balaban J connectivity index is 2.84. The van der Waals surface area contributed by atoms with Crippen molar-refractivity contribution in [3.63, 3.8) is 0 Å². The molecule has 0 saturated heterocycles. The molecule has 2 N–H and O–H groups in total. The van der Waals surface area contributed by atoms with E-state index in [2.05, 4.69) is 34.2 Å². The van der Waals surface area contributed by atoms with Gasteiger partial charge < -0.3 is 10.2 Å². The highest BCUT2D eigenvalue weighted by Gasteiger charge is 1.97. The van der Waals surface area contributed by atoms with Gasteiger partial charge in [0, 0.05) is 17.5 Å². The molecule has 13 heavy (non-hydrogen) atoms. The second-order valence-electron chi connectivity index (χ2n) is 2.25. The molecule has 68 valence electrons. The molecule has 0 saturated carbocycles. The zero-order chi connectivity index (χ0) is 9.68. The molecule has 0 unspecified atom stereocenters. The maximum Gasteiger partial charge on any atom is 0.103 e. The highest BCUT2D eigenvalue weighted by molar-refractivity contribution is 14.1. The summed E-state index contributed by atoms with van der Waals surface area (Å²) < 4.78 is 5.68. The molecule has 4 heteroatoms. The van der Waals surface area contributed by atoms with Gasteiger partial charge in [-0.25, -0.2) is 0 Å². The van der Waals surface area contributed by atoms with E-state index < -0.39 is 0 Å². The molecule has 0 aliphatic rings. The molecule has 0 radical (unpaired) electrons. The molecule has 0 aliphatic heterocycles. The van der Waals surface area contributed by atoms with Crippen LogP contribution in [0, 0.1) is 0 Å². The molecule has 0 spiro atoms. The summed E-state index contributed by atoms with van der Waals surface area (Å²) in [5, 5.41) is 0. The third kappa shape index (κ3) is 3.06. The number of nitrogens with zero attached hydrogens (tertiary/aromatic N) is 1. The van der Waals surface area contributed by atoms with E-state index in [1.807, 2.05) is 0 Å². The Morgan fingerprint density at radius 3 is 3.00 bits per heavy atom. The van der Waals surface area contributed by atoms with Crippen molar-refractivity contribution in [2.24, 2.45) is 10.7 Å². The number of nitrogens with two attached hydrogens (primary N) is 1. The Kier molecular flexibility index (Phi) is 3.75. The fraction of sp³-hybridized carbons (Fsp3) is 0. The van der Waals surface area contributed by atoms with Crippen LogP contribution in [0.3, 0.4) is 0 Å². The summed E-state index contributed by atoms with van der Waals surface area (Å²) in [4.78, 5) is 3.95. The summed E-state index contributed by atoms with van der Waals surface area (Å²) in [5.74, 6) is 0. The maximum atomic E-state index is 5.75. The number of allylic oxidation sites excluding steroid dienone is 1. The van der Waals surface area contributed by atoms with Gasteiger partial charge in [-0.1, -0.05) is 6.58 Å². The molecular weight excluding hydrogens is 279 g/mol. The van der Waals surface area contributed by atoms with Crippen LogP contribution < -0.4 is 5.73 Å². The Hall–Kier alpha value is -1.04. The van der Waals surface area contributed by atoms with Crippen molar-refractivity contribution in [1.29, 1.82) is 0 Å². The van der Waals surface area contributed by atoms with E-state index in [1.54, 1.807) is 24.7 Å². The molecule has 0 atom stereocenters. The minimum Gasteiger partial charge on any atom is -0.472 e. The van der Waals surface area contributed by atoms with Crippen molar-refractivity contribution in [2.75, 3.05) is 0 Å². The SMILES string of the molecule is C=C/N=C(I)\C=C(/N)c1ccoc1. The van der Waals surface area contributed by atoms with Crippen molar-refractivity contribution in [2.45, 2.75) is 0 Å². The van der Waals surface area contributed by atoms with Crippen LogP contribution in [-0.2, 0) is 0 Å². The number of hydrogen-bond donors (Lipinski definition) is 1. The first kappa shape index (κ1) is 10.0. The Labute approximate surface area is 90.2 Å². The molecule has 0 fully saturated rings. The Bertz CT molecular complexity index is 339. The molecule has 1 aromatic rings. The van der Waals surface area contributed by atoms with Crippen molar-refractivity contribution >= 4 is 32.0 Å². The number of furan rings is 1. The van der Waals surface area contributed by atoms with E-state index in [4.69, 9.17) is 10.2 Å². The van der Waals surface area contributed by atoms with Crippen LogP contribution >= 0.6 is 22.6 Å². The molecule has 0 aliphatic carbocycles. The van der Waals surface area contributed by atoms with E-state index in [0.717, 1.165) is 9.28 Å². The highest BCUT2D eigenvalue weighted by atomic mass is 127. The Morgan fingerprint density at radius 1 is 1.69 bits per heavy atom. The largest absolute Gasteiger partial charge is 0.472 e. The van der Waals surface area contributed by atoms with Gasteiger partial charge in [-0.05, 0) is 34.7 Å². The van der Waals surface area contributed by atoms with Gasteiger partial charge in [0.25, 0.3) is 0 Å². The van der Waals surface area contributed by atoms with Crippen LogP contribution in [0.4, 0.5) is 0 Å². The second kappa shape index (κ2) is 4.86. The molecule has 1 aromatic heterocycles. The minimum absolute atomic E-state index is 0.628. The molecule has 1 rings (SSSR count). The predicted molar refractivity (Wildman–Crippen MR) is 62.5 cm³/mol. The van der Waals surface area contributed by atoms with Crippen LogP contribution in [0.2, 0.25) is 0 Å². The summed E-state index contributed by atoms with van der Waals surface area (Å²) in [6.45, 7) is 3.49. The number of rotatable bonds is 3. The fourth-order valence-electron chi connectivity index (χ4n) is 0.765. The van der Waals surface area contributed by atoms with Gasteiger partial charge in [0.2, 0.25) is 0 Å². The summed E-state index contributed by atoms with van der Waals surface area (Å²) in [5.41, 5.74) is 7.24. The fourth-order valence-corrected chi connectivity index (χ4v) is 1.30. The number of hydrogen-bond acceptors (Lipinski definition) is 3. The standard InChI is InChI=1S/C9H9IN2O/c1-2-12-9(10)5-8(11)7-3-4-13-6-7/h2-6H,1,11H2/b8-5-,12-9+. The van der Waals surface area contributed by atoms with Crippen molar-refractivity contribution in [3.8, 4) is 0 Å². The van der Waals surface area contributed by atoms with E-state index >= 15 is 0 Å². The van der Waals surface area contributed by atoms with Gasteiger partial charge in [-0.15, -0.1) is 0 Å². The van der Waals surface area contributed by atoms with Crippen LogP contribution in [0.5, 0.6) is 0 Å². The second-order valence-corrected chi connectivity index (χ2v) is 3.35. The minimum atomic E-state index is 0.628. The average molecular weight is 288 g/mol. The monoisotopic (exact) mass is 288 g/mol. The number of halogens is 1. The van der Waals surface area contributed by atoms with Gasteiger partial charge >= 0.3 is 0 Å². The quantitative estimate of drug-likeness (QED) is 0.686. The van der Waals surface area contributed by atoms with Crippen LogP contribution in [-0.4, -0.2) is 3.72 Å². The van der Waals surface area contributed by atoms with Gasteiger partial charge in [0.05, 0.1) is 12.5 Å². The summed E-state index contributed by atoms with van der Waals surface area (Å²) >= 11 is 2.07. The Morgan fingerprint density at radius 2 is 2.46 bits per heavy atom. The first-order chi connectivity index (χ1) is 6.24. The molecular formula is C9H9IN2O. The van der Waals surface area contributed by atoms with Gasteiger partial charge in [0.1, 0.15) is 3.72 Å². The van der Waals surface area contributed by atoms with Gasteiger partial charge in [0.15, 0.2) is 0 Å². The lowest BCUT2D eigenvalue weighted by Gasteiger charge is -1.94. The lowest BCUT2D eigenvalue weighted by Crippen LogP contribution is -1.96. The number of aliphatic imine (C=N–C) groups is 1. The lowest BCUT2D eigenvalue weighted by atomic mass is 10.2. The highest BCUT2D eigenvalue weighted by Crippen LogP contribution is 2.10. The van der Waals surface area contributed by atoms with Crippen LogP contribution in [0.15, 0.2) is 46.9 Å².